The molecule has 20 heavy (non-hydrogen) atoms. The van der Waals surface area contributed by atoms with Crippen LogP contribution in [0.2, 0.25) is 0 Å². The Morgan fingerprint density at radius 3 is 2.80 bits per heavy atom. The van der Waals surface area contributed by atoms with Crippen LogP contribution in [-0.2, 0) is 4.79 Å². The molecule has 6 heteroatoms. The molecule has 0 saturated heterocycles. The summed E-state index contributed by atoms with van der Waals surface area (Å²) < 4.78 is 6.16. The number of aromatic nitrogens is 1. The van der Waals surface area contributed by atoms with Gasteiger partial charge in [0.1, 0.15) is 5.76 Å². The van der Waals surface area contributed by atoms with Crippen LogP contribution in [0.1, 0.15) is 34.3 Å². The first kappa shape index (κ1) is 15.2. The number of hydrogen-bond donors (Lipinski definition) is 1. The number of amides is 1. The lowest BCUT2D eigenvalue weighted by atomic mass is 10.2. The Morgan fingerprint density at radius 2 is 2.25 bits per heavy atom. The average molecular weight is 402 g/mol. The van der Waals surface area contributed by atoms with Gasteiger partial charge >= 0.3 is 0 Å². The standard InChI is InChI=1S/C14H15IN2O2S/c1-8-14(20-10(3)16-8)9(2)17-13(18)7-5-11-4-6-12(15)19-11/h4-7,9H,1-3H3,(H,17,18). The summed E-state index contributed by atoms with van der Waals surface area (Å²) in [6.07, 6.45) is 3.14. The maximum atomic E-state index is 11.9. The normalized spacial score (nSPS) is 12.8. The summed E-state index contributed by atoms with van der Waals surface area (Å²) in [7, 11) is 0. The van der Waals surface area contributed by atoms with E-state index >= 15 is 0 Å². The first-order valence-electron chi connectivity index (χ1n) is 6.13. The zero-order valence-electron chi connectivity index (χ0n) is 11.4. The van der Waals surface area contributed by atoms with Crippen LogP contribution in [-0.4, -0.2) is 10.9 Å². The molecule has 1 N–H and O–H groups in total. The van der Waals surface area contributed by atoms with Crippen LogP contribution in [0.3, 0.4) is 0 Å². The van der Waals surface area contributed by atoms with Crippen molar-refractivity contribution in [1.29, 1.82) is 0 Å². The Kier molecular flexibility index (Phi) is 4.98. The number of carbonyl (C=O) groups excluding carboxylic acids is 1. The van der Waals surface area contributed by atoms with E-state index in [4.69, 9.17) is 4.42 Å². The molecule has 0 saturated carbocycles. The van der Waals surface area contributed by atoms with Gasteiger partial charge in [-0.3, -0.25) is 4.79 Å². The largest absolute Gasteiger partial charge is 0.451 e. The van der Waals surface area contributed by atoms with Crippen molar-refractivity contribution in [2.45, 2.75) is 26.8 Å². The number of carbonyl (C=O) groups is 1. The highest BCUT2D eigenvalue weighted by Gasteiger charge is 2.14. The molecule has 0 aliphatic rings. The number of nitrogens with one attached hydrogen (secondary N) is 1. The molecule has 0 bridgehead atoms. The van der Waals surface area contributed by atoms with Crippen LogP contribution in [0.4, 0.5) is 0 Å². The van der Waals surface area contributed by atoms with Gasteiger partial charge in [0.05, 0.1) is 16.7 Å². The number of rotatable bonds is 4. The van der Waals surface area contributed by atoms with E-state index in [-0.39, 0.29) is 11.9 Å². The van der Waals surface area contributed by atoms with Gasteiger partial charge in [0.15, 0.2) is 3.77 Å². The lowest BCUT2D eigenvalue weighted by molar-refractivity contribution is -0.117. The van der Waals surface area contributed by atoms with Crippen molar-refractivity contribution >= 4 is 45.9 Å². The minimum Gasteiger partial charge on any atom is -0.451 e. The molecule has 106 valence electrons. The Bertz CT molecular complexity index is 645. The van der Waals surface area contributed by atoms with E-state index in [1.165, 1.54) is 6.08 Å². The SMILES string of the molecule is Cc1nc(C)c(C(C)NC(=O)C=Cc2ccc(I)o2)s1. The third kappa shape index (κ3) is 3.92. The summed E-state index contributed by atoms with van der Waals surface area (Å²) in [4.78, 5) is 17.3. The van der Waals surface area contributed by atoms with Crippen LogP contribution < -0.4 is 5.32 Å². The van der Waals surface area contributed by atoms with Gasteiger partial charge in [-0.05, 0) is 61.6 Å². The summed E-state index contributed by atoms with van der Waals surface area (Å²) in [5.41, 5.74) is 0.977. The fourth-order valence-corrected chi connectivity index (χ4v) is 3.22. The van der Waals surface area contributed by atoms with Crippen LogP contribution in [0, 0.1) is 17.6 Å². The van der Waals surface area contributed by atoms with Crippen molar-refractivity contribution in [2.24, 2.45) is 0 Å². The number of furan rings is 1. The van der Waals surface area contributed by atoms with E-state index in [1.54, 1.807) is 17.4 Å². The van der Waals surface area contributed by atoms with Gasteiger partial charge in [0.25, 0.3) is 0 Å². The summed E-state index contributed by atoms with van der Waals surface area (Å²) in [6.45, 7) is 5.89. The van der Waals surface area contributed by atoms with Crippen molar-refractivity contribution in [2.75, 3.05) is 0 Å². The Morgan fingerprint density at radius 1 is 1.50 bits per heavy atom. The third-order valence-electron chi connectivity index (χ3n) is 2.68. The Balaban J connectivity index is 1.97. The molecule has 0 fully saturated rings. The van der Waals surface area contributed by atoms with Gasteiger partial charge in [-0.2, -0.15) is 0 Å². The van der Waals surface area contributed by atoms with Gasteiger partial charge < -0.3 is 9.73 Å². The fraction of sp³-hybridized carbons (Fsp3) is 0.286. The highest BCUT2D eigenvalue weighted by molar-refractivity contribution is 14.1. The molecule has 2 heterocycles. The van der Waals surface area contributed by atoms with Gasteiger partial charge in [-0.25, -0.2) is 4.98 Å². The molecule has 2 aromatic rings. The second-order valence-electron chi connectivity index (χ2n) is 4.39. The number of halogens is 1. The first-order chi connectivity index (χ1) is 9.45. The lowest BCUT2D eigenvalue weighted by Crippen LogP contribution is -2.24. The molecule has 1 atom stereocenters. The molecular weight excluding hydrogens is 387 g/mol. The molecule has 0 aliphatic heterocycles. The van der Waals surface area contributed by atoms with Gasteiger partial charge in [0, 0.05) is 11.0 Å². The van der Waals surface area contributed by atoms with Crippen molar-refractivity contribution in [3.05, 3.63) is 43.3 Å². The molecule has 0 aliphatic carbocycles. The second kappa shape index (κ2) is 6.53. The summed E-state index contributed by atoms with van der Waals surface area (Å²) >= 11 is 3.70. The highest BCUT2D eigenvalue weighted by Crippen LogP contribution is 2.24. The number of thiazole rings is 1. The minimum absolute atomic E-state index is 0.0462. The Hall–Kier alpha value is -1.15. The molecule has 2 aromatic heterocycles. The Labute approximate surface area is 135 Å². The van der Waals surface area contributed by atoms with E-state index in [0.717, 1.165) is 19.3 Å². The molecule has 4 nitrogen and oxygen atoms in total. The van der Waals surface area contributed by atoms with Crippen LogP contribution in [0.15, 0.2) is 22.6 Å². The number of hydrogen-bond acceptors (Lipinski definition) is 4. The highest BCUT2D eigenvalue weighted by atomic mass is 127. The quantitative estimate of drug-likeness (QED) is 0.625. The molecule has 1 unspecified atom stereocenters. The molecule has 0 radical (unpaired) electrons. The van der Waals surface area contributed by atoms with Crippen LogP contribution in [0.5, 0.6) is 0 Å². The monoisotopic (exact) mass is 402 g/mol. The molecule has 0 spiro atoms. The minimum atomic E-state index is -0.144. The fourth-order valence-electron chi connectivity index (χ4n) is 1.85. The smallest absolute Gasteiger partial charge is 0.244 e. The molecule has 2 rings (SSSR count). The van der Waals surface area contributed by atoms with Crippen molar-refractivity contribution in [3.63, 3.8) is 0 Å². The van der Waals surface area contributed by atoms with E-state index in [1.807, 2.05) is 32.9 Å². The van der Waals surface area contributed by atoms with Gasteiger partial charge in [0.2, 0.25) is 5.91 Å². The first-order valence-corrected chi connectivity index (χ1v) is 8.03. The lowest BCUT2D eigenvalue weighted by Gasteiger charge is -2.10. The second-order valence-corrected chi connectivity index (χ2v) is 6.69. The van der Waals surface area contributed by atoms with Crippen molar-refractivity contribution in [1.82, 2.24) is 10.3 Å². The van der Waals surface area contributed by atoms with Gasteiger partial charge in [-0.15, -0.1) is 11.3 Å². The van der Waals surface area contributed by atoms with E-state index in [2.05, 4.69) is 32.9 Å². The van der Waals surface area contributed by atoms with E-state index < -0.39 is 0 Å². The van der Waals surface area contributed by atoms with Crippen LogP contribution in [0.25, 0.3) is 6.08 Å². The van der Waals surface area contributed by atoms with Crippen molar-refractivity contribution in [3.8, 4) is 0 Å². The number of nitrogens with zero attached hydrogens (tertiary/aromatic N) is 1. The predicted octanol–water partition coefficient (Wildman–Crippen LogP) is 3.85. The molecular formula is C14H15IN2O2S. The zero-order chi connectivity index (χ0) is 14.7. The van der Waals surface area contributed by atoms with Gasteiger partial charge in [-0.1, -0.05) is 0 Å². The maximum Gasteiger partial charge on any atom is 0.244 e. The maximum absolute atomic E-state index is 11.9. The zero-order valence-corrected chi connectivity index (χ0v) is 14.4. The summed E-state index contributed by atoms with van der Waals surface area (Å²) in [5, 5.41) is 3.94. The summed E-state index contributed by atoms with van der Waals surface area (Å²) in [5.74, 6) is 0.524. The predicted molar refractivity (Wildman–Crippen MR) is 88.6 cm³/mol. The topological polar surface area (TPSA) is 55.1 Å². The van der Waals surface area contributed by atoms with E-state index in [9.17, 15) is 4.79 Å². The molecule has 1 amide bonds. The number of aryl methyl sites for hydroxylation is 2. The van der Waals surface area contributed by atoms with E-state index in [0.29, 0.717) is 5.76 Å². The average Bonchev–Trinajstić information content (AvgIpc) is 2.92. The third-order valence-corrected chi connectivity index (χ3v) is 4.52. The van der Waals surface area contributed by atoms with Crippen molar-refractivity contribution < 1.29 is 9.21 Å². The van der Waals surface area contributed by atoms with Crippen LogP contribution >= 0.6 is 33.9 Å². The summed E-state index contributed by atoms with van der Waals surface area (Å²) in [6, 6.07) is 3.63. The molecule has 0 aromatic carbocycles.